The molecule has 0 unspecified atom stereocenters. The molecule has 2 heterocycles. The number of piperidine rings is 1. The van der Waals surface area contributed by atoms with Crippen LogP contribution >= 0.6 is 11.3 Å². The SMILES string of the molecule is CCC(=O)Nc1nc(CN2CCC(C)CC2)cs1. The van der Waals surface area contributed by atoms with Gasteiger partial charge in [-0.25, -0.2) is 4.98 Å². The first-order valence-electron chi connectivity index (χ1n) is 6.64. The molecule has 0 bridgehead atoms. The summed E-state index contributed by atoms with van der Waals surface area (Å²) in [6.07, 6.45) is 3.06. The summed E-state index contributed by atoms with van der Waals surface area (Å²) in [4.78, 5) is 18.2. The van der Waals surface area contributed by atoms with Crippen molar-refractivity contribution in [3.8, 4) is 0 Å². The van der Waals surface area contributed by atoms with E-state index in [1.54, 1.807) is 0 Å². The molecule has 18 heavy (non-hydrogen) atoms. The number of anilines is 1. The fourth-order valence-corrected chi connectivity index (χ4v) is 2.81. The summed E-state index contributed by atoms with van der Waals surface area (Å²) in [6, 6.07) is 0. The Hall–Kier alpha value is -0.940. The highest BCUT2D eigenvalue weighted by Crippen LogP contribution is 2.20. The maximum atomic E-state index is 11.3. The molecule has 0 aliphatic carbocycles. The molecule has 0 saturated carbocycles. The number of nitrogens with zero attached hydrogens (tertiary/aromatic N) is 2. The summed E-state index contributed by atoms with van der Waals surface area (Å²) in [5.41, 5.74) is 1.07. The van der Waals surface area contributed by atoms with Gasteiger partial charge in [-0.1, -0.05) is 13.8 Å². The first-order chi connectivity index (χ1) is 8.67. The van der Waals surface area contributed by atoms with E-state index in [1.165, 1.54) is 24.2 Å². The smallest absolute Gasteiger partial charge is 0.225 e. The Balaban J connectivity index is 1.84. The lowest BCUT2D eigenvalue weighted by molar-refractivity contribution is -0.115. The predicted octanol–water partition coefficient (Wildman–Crippen LogP) is 2.72. The van der Waals surface area contributed by atoms with E-state index in [1.807, 2.05) is 12.3 Å². The first-order valence-corrected chi connectivity index (χ1v) is 7.52. The molecule has 4 nitrogen and oxygen atoms in total. The Bertz CT molecular complexity index is 397. The van der Waals surface area contributed by atoms with Gasteiger partial charge in [0.25, 0.3) is 0 Å². The number of amides is 1. The molecule has 0 radical (unpaired) electrons. The van der Waals surface area contributed by atoms with Gasteiger partial charge in [0.1, 0.15) is 0 Å². The highest BCUT2D eigenvalue weighted by Gasteiger charge is 2.16. The summed E-state index contributed by atoms with van der Waals surface area (Å²) >= 11 is 1.51. The number of nitrogens with one attached hydrogen (secondary N) is 1. The molecular weight excluding hydrogens is 246 g/mol. The largest absolute Gasteiger partial charge is 0.302 e. The van der Waals surface area contributed by atoms with E-state index < -0.39 is 0 Å². The maximum absolute atomic E-state index is 11.3. The van der Waals surface area contributed by atoms with Crippen molar-refractivity contribution in [3.63, 3.8) is 0 Å². The van der Waals surface area contributed by atoms with Crippen LogP contribution in [-0.2, 0) is 11.3 Å². The fraction of sp³-hybridized carbons (Fsp3) is 0.692. The second-order valence-electron chi connectivity index (χ2n) is 5.00. The van der Waals surface area contributed by atoms with E-state index in [0.717, 1.165) is 36.4 Å². The van der Waals surface area contributed by atoms with Crippen molar-refractivity contribution < 1.29 is 4.79 Å². The van der Waals surface area contributed by atoms with E-state index >= 15 is 0 Å². The minimum Gasteiger partial charge on any atom is -0.302 e. The second kappa shape index (κ2) is 6.29. The van der Waals surface area contributed by atoms with Crippen molar-refractivity contribution in [1.82, 2.24) is 9.88 Å². The van der Waals surface area contributed by atoms with Gasteiger partial charge in [0.2, 0.25) is 5.91 Å². The van der Waals surface area contributed by atoms with Crippen LogP contribution < -0.4 is 5.32 Å². The zero-order valence-corrected chi connectivity index (χ0v) is 11.9. The van der Waals surface area contributed by atoms with Gasteiger partial charge in [0.05, 0.1) is 5.69 Å². The Kier molecular flexibility index (Phi) is 4.72. The van der Waals surface area contributed by atoms with E-state index in [0.29, 0.717) is 6.42 Å². The molecule has 1 aromatic rings. The van der Waals surface area contributed by atoms with Gasteiger partial charge in [0, 0.05) is 18.3 Å². The van der Waals surface area contributed by atoms with Gasteiger partial charge < -0.3 is 5.32 Å². The van der Waals surface area contributed by atoms with Crippen molar-refractivity contribution in [2.45, 2.75) is 39.7 Å². The molecular formula is C13H21N3OS. The fourth-order valence-electron chi connectivity index (χ4n) is 2.09. The third kappa shape index (κ3) is 3.78. The molecule has 1 aliphatic rings. The predicted molar refractivity (Wildman–Crippen MR) is 74.7 cm³/mol. The lowest BCUT2D eigenvalue weighted by atomic mass is 9.99. The molecule has 1 aliphatic heterocycles. The lowest BCUT2D eigenvalue weighted by Crippen LogP contribution is -2.32. The molecule has 1 saturated heterocycles. The average Bonchev–Trinajstić information content (AvgIpc) is 2.79. The van der Waals surface area contributed by atoms with Crippen LogP contribution in [0, 0.1) is 5.92 Å². The number of carbonyl (C=O) groups is 1. The van der Waals surface area contributed by atoms with Gasteiger partial charge in [-0.15, -0.1) is 11.3 Å². The van der Waals surface area contributed by atoms with E-state index in [-0.39, 0.29) is 5.91 Å². The molecule has 1 amide bonds. The van der Waals surface area contributed by atoms with Crippen LogP contribution in [0.15, 0.2) is 5.38 Å². The standard InChI is InChI=1S/C13H21N3OS/c1-3-12(17)15-13-14-11(9-18-13)8-16-6-4-10(2)5-7-16/h9-10H,3-8H2,1-2H3,(H,14,15,17). The molecule has 1 N–H and O–H groups in total. The van der Waals surface area contributed by atoms with Crippen molar-refractivity contribution in [2.24, 2.45) is 5.92 Å². The summed E-state index contributed by atoms with van der Waals surface area (Å²) < 4.78 is 0. The van der Waals surface area contributed by atoms with Gasteiger partial charge in [0.15, 0.2) is 5.13 Å². The number of likely N-dealkylation sites (tertiary alicyclic amines) is 1. The van der Waals surface area contributed by atoms with Crippen molar-refractivity contribution >= 4 is 22.4 Å². The number of hydrogen-bond donors (Lipinski definition) is 1. The molecule has 0 atom stereocenters. The Morgan fingerprint density at radius 2 is 2.28 bits per heavy atom. The minimum atomic E-state index is 0.0303. The van der Waals surface area contributed by atoms with Crippen molar-refractivity contribution in [3.05, 3.63) is 11.1 Å². The van der Waals surface area contributed by atoms with Crippen molar-refractivity contribution in [1.29, 1.82) is 0 Å². The van der Waals surface area contributed by atoms with Gasteiger partial charge in [-0.2, -0.15) is 0 Å². The molecule has 2 rings (SSSR count). The van der Waals surface area contributed by atoms with Gasteiger partial charge >= 0.3 is 0 Å². The Morgan fingerprint density at radius 3 is 2.94 bits per heavy atom. The monoisotopic (exact) mass is 267 g/mol. The van der Waals surface area contributed by atoms with Crippen LogP contribution in [0.2, 0.25) is 0 Å². The second-order valence-corrected chi connectivity index (χ2v) is 5.86. The van der Waals surface area contributed by atoms with Gasteiger partial charge in [-0.05, 0) is 31.8 Å². The Morgan fingerprint density at radius 1 is 1.56 bits per heavy atom. The van der Waals surface area contributed by atoms with E-state index in [2.05, 4.69) is 22.1 Å². The molecule has 0 aromatic carbocycles. The third-order valence-electron chi connectivity index (χ3n) is 3.38. The van der Waals surface area contributed by atoms with Crippen LogP contribution in [0.3, 0.4) is 0 Å². The number of aromatic nitrogens is 1. The summed E-state index contributed by atoms with van der Waals surface area (Å²) in [7, 11) is 0. The average molecular weight is 267 g/mol. The third-order valence-corrected chi connectivity index (χ3v) is 4.19. The summed E-state index contributed by atoms with van der Waals surface area (Å²) in [5, 5.41) is 5.58. The zero-order chi connectivity index (χ0) is 13.0. The highest BCUT2D eigenvalue weighted by molar-refractivity contribution is 7.13. The number of thiazole rings is 1. The lowest BCUT2D eigenvalue weighted by Gasteiger charge is -2.29. The van der Waals surface area contributed by atoms with Crippen LogP contribution in [-0.4, -0.2) is 28.9 Å². The zero-order valence-electron chi connectivity index (χ0n) is 11.1. The molecule has 5 heteroatoms. The maximum Gasteiger partial charge on any atom is 0.225 e. The van der Waals surface area contributed by atoms with Crippen LogP contribution in [0.4, 0.5) is 5.13 Å². The molecule has 1 fully saturated rings. The summed E-state index contributed by atoms with van der Waals surface area (Å²) in [6.45, 7) is 7.40. The quantitative estimate of drug-likeness (QED) is 0.912. The van der Waals surface area contributed by atoms with Crippen LogP contribution in [0.1, 0.15) is 38.8 Å². The number of carbonyl (C=O) groups excluding carboxylic acids is 1. The van der Waals surface area contributed by atoms with Crippen molar-refractivity contribution in [2.75, 3.05) is 18.4 Å². The van der Waals surface area contributed by atoms with Gasteiger partial charge in [-0.3, -0.25) is 9.69 Å². The molecule has 1 aromatic heterocycles. The van der Waals surface area contributed by atoms with E-state index in [4.69, 9.17) is 0 Å². The molecule has 100 valence electrons. The Labute approximate surface area is 112 Å². The van der Waals surface area contributed by atoms with Crippen LogP contribution in [0.25, 0.3) is 0 Å². The summed E-state index contributed by atoms with van der Waals surface area (Å²) in [5.74, 6) is 0.888. The normalized spacial score (nSPS) is 17.9. The van der Waals surface area contributed by atoms with Crippen LogP contribution in [0.5, 0.6) is 0 Å². The number of rotatable bonds is 4. The highest BCUT2D eigenvalue weighted by atomic mass is 32.1. The first kappa shape index (κ1) is 13.5. The van der Waals surface area contributed by atoms with E-state index in [9.17, 15) is 4.79 Å². The minimum absolute atomic E-state index is 0.0303. The number of hydrogen-bond acceptors (Lipinski definition) is 4. The topological polar surface area (TPSA) is 45.2 Å². The molecule has 0 spiro atoms.